The third-order valence-electron chi connectivity index (χ3n) is 4.99. The summed E-state index contributed by atoms with van der Waals surface area (Å²) in [6, 6.07) is 15.5. The molecule has 0 aliphatic rings. The summed E-state index contributed by atoms with van der Waals surface area (Å²) in [5, 5.41) is 9.46. The lowest BCUT2D eigenvalue weighted by Crippen LogP contribution is -1.96. The lowest BCUT2D eigenvalue weighted by Gasteiger charge is -2.11. The Morgan fingerprint density at radius 3 is 2.61 bits per heavy atom. The van der Waals surface area contributed by atoms with Gasteiger partial charge < -0.3 is 14.3 Å². The van der Waals surface area contributed by atoms with Crippen LogP contribution in [0.1, 0.15) is 12.0 Å². The molecule has 0 spiro atoms. The SMILES string of the molecule is COc1c(F)cc(-c2cccc(-c3cc4cc(CCC(=O)O)ccc4o3)c2)c(Cl)c1F. The Balaban J connectivity index is 1.72. The van der Waals surface area contributed by atoms with E-state index in [4.69, 9.17) is 25.9 Å². The second kappa shape index (κ2) is 8.40. The highest BCUT2D eigenvalue weighted by Gasteiger charge is 2.19. The predicted molar refractivity (Wildman–Crippen MR) is 115 cm³/mol. The molecule has 0 fully saturated rings. The number of hydrogen-bond donors (Lipinski definition) is 1. The molecule has 4 aromatic rings. The number of methoxy groups -OCH3 is 1. The van der Waals surface area contributed by atoms with Crippen molar-refractivity contribution in [1.29, 1.82) is 0 Å². The first kappa shape index (κ1) is 20.9. The molecule has 0 amide bonds. The number of aliphatic carboxylic acids is 1. The molecule has 31 heavy (non-hydrogen) atoms. The maximum atomic E-state index is 14.4. The van der Waals surface area contributed by atoms with Crippen LogP contribution in [-0.4, -0.2) is 18.2 Å². The monoisotopic (exact) mass is 442 g/mol. The van der Waals surface area contributed by atoms with Crippen LogP contribution < -0.4 is 4.74 Å². The molecule has 0 atom stereocenters. The van der Waals surface area contributed by atoms with Gasteiger partial charge in [-0.2, -0.15) is 0 Å². The van der Waals surface area contributed by atoms with Gasteiger partial charge in [-0.25, -0.2) is 8.78 Å². The first-order chi connectivity index (χ1) is 14.9. The number of halogens is 3. The van der Waals surface area contributed by atoms with Crippen molar-refractivity contribution < 1.29 is 27.8 Å². The molecule has 0 aliphatic carbocycles. The summed E-state index contributed by atoms with van der Waals surface area (Å²) in [5.41, 5.74) is 2.97. The van der Waals surface area contributed by atoms with Crippen molar-refractivity contribution in [3.05, 3.63) is 76.8 Å². The highest BCUT2D eigenvalue weighted by Crippen LogP contribution is 2.38. The van der Waals surface area contributed by atoms with Crippen molar-refractivity contribution in [3.8, 4) is 28.2 Å². The second-order valence-corrected chi connectivity index (χ2v) is 7.40. The van der Waals surface area contributed by atoms with E-state index in [-0.39, 0.29) is 17.0 Å². The number of fused-ring (bicyclic) bond motifs is 1. The van der Waals surface area contributed by atoms with Gasteiger partial charge >= 0.3 is 5.97 Å². The van der Waals surface area contributed by atoms with Gasteiger partial charge in [-0.1, -0.05) is 35.9 Å². The van der Waals surface area contributed by atoms with E-state index in [9.17, 15) is 13.6 Å². The smallest absolute Gasteiger partial charge is 0.303 e. The van der Waals surface area contributed by atoms with E-state index in [1.54, 1.807) is 24.3 Å². The summed E-state index contributed by atoms with van der Waals surface area (Å²) >= 11 is 6.13. The number of hydrogen-bond acceptors (Lipinski definition) is 3. The van der Waals surface area contributed by atoms with Gasteiger partial charge in [-0.3, -0.25) is 4.79 Å². The maximum absolute atomic E-state index is 14.4. The van der Waals surface area contributed by atoms with Crippen LogP contribution >= 0.6 is 11.6 Å². The standard InChI is InChI=1S/C24H17ClF2O4/c1-30-24-18(26)12-17(22(25)23(24)27)14-3-2-4-15(10-14)20-11-16-9-13(6-8-21(28)29)5-7-19(16)31-20/h2-5,7,9-12H,6,8H2,1H3,(H,28,29). The Hall–Kier alpha value is -3.38. The van der Waals surface area contributed by atoms with Crippen LogP contribution in [0.3, 0.4) is 0 Å². The van der Waals surface area contributed by atoms with E-state index in [1.165, 1.54) is 7.11 Å². The molecule has 4 nitrogen and oxygen atoms in total. The number of aryl methyl sites for hydroxylation is 1. The fourth-order valence-electron chi connectivity index (χ4n) is 3.46. The first-order valence-corrected chi connectivity index (χ1v) is 9.81. The highest BCUT2D eigenvalue weighted by atomic mass is 35.5. The highest BCUT2D eigenvalue weighted by molar-refractivity contribution is 6.33. The van der Waals surface area contributed by atoms with Crippen molar-refractivity contribution in [1.82, 2.24) is 0 Å². The van der Waals surface area contributed by atoms with Gasteiger partial charge in [-0.05, 0) is 47.9 Å². The average molecular weight is 443 g/mol. The molecule has 0 unspecified atom stereocenters. The normalized spacial score (nSPS) is 11.1. The van der Waals surface area contributed by atoms with Crippen LogP contribution in [0.25, 0.3) is 33.4 Å². The number of ether oxygens (including phenoxy) is 1. The van der Waals surface area contributed by atoms with Crippen LogP contribution in [0, 0.1) is 11.6 Å². The van der Waals surface area contributed by atoms with E-state index in [2.05, 4.69) is 0 Å². The summed E-state index contributed by atoms with van der Waals surface area (Å²) in [4.78, 5) is 10.8. The Bertz CT molecular complexity index is 1300. The van der Waals surface area contributed by atoms with E-state index in [0.717, 1.165) is 17.0 Å². The van der Waals surface area contributed by atoms with Crippen LogP contribution in [-0.2, 0) is 11.2 Å². The molecule has 0 saturated carbocycles. The van der Waals surface area contributed by atoms with Gasteiger partial charge in [-0.15, -0.1) is 0 Å². The van der Waals surface area contributed by atoms with Gasteiger partial charge in [0.05, 0.1) is 12.1 Å². The molecule has 1 heterocycles. The number of benzene rings is 3. The summed E-state index contributed by atoms with van der Waals surface area (Å²) < 4.78 is 39.2. The molecule has 7 heteroatoms. The molecule has 1 aromatic heterocycles. The van der Waals surface area contributed by atoms with E-state index >= 15 is 0 Å². The molecule has 4 rings (SSSR count). The summed E-state index contributed by atoms with van der Waals surface area (Å²) in [5.74, 6) is -2.61. The van der Waals surface area contributed by atoms with Crippen LogP contribution in [0.15, 0.2) is 59.0 Å². The molecule has 3 aromatic carbocycles. The lowest BCUT2D eigenvalue weighted by atomic mass is 10.0. The van der Waals surface area contributed by atoms with Gasteiger partial charge in [0.1, 0.15) is 11.3 Å². The minimum absolute atomic E-state index is 0.0496. The van der Waals surface area contributed by atoms with E-state index in [1.807, 2.05) is 24.3 Å². The van der Waals surface area contributed by atoms with E-state index < -0.39 is 23.4 Å². The maximum Gasteiger partial charge on any atom is 0.303 e. The topological polar surface area (TPSA) is 59.7 Å². The Morgan fingerprint density at radius 2 is 1.87 bits per heavy atom. The fraction of sp³-hybridized carbons (Fsp3) is 0.125. The van der Waals surface area contributed by atoms with Gasteiger partial charge in [0.15, 0.2) is 17.4 Å². The fourth-order valence-corrected chi connectivity index (χ4v) is 3.71. The van der Waals surface area contributed by atoms with Crippen molar-refractivity contribution in [3.63, 3.8) is 0 Å². The molecule has 0 bridgehead atoms. The Labute approximate surface area is 181 Å². The third kappa shape index (κ3) is 4.11. The predicted octanol–water partition coefficient (Wildman–Crippen LogP) is 6.72. The van der Waals surface area contributed by atoms with Crippen molar-refractivity contribution >= 4 is 28.5 Å². The zero-order valence-corrected chi connectivity index (χ0v) is 17.2. The molecule has 1 N–H and O–H groups in total. The van der Waals surface area contributed by atoms with Crippen molar-refractivity contribution in [2.75, 3.05) is 7.11 Å². The number of carboxylic acid groups (broad SMARTS) is 1. The third-order valence-corrected chi connectivity index (χ3v) is 5.36. The zero-order valence-electron chi connectivity index (χ0n) is 16.4. The number of carbonyl (C=O) groups is 1. The van der Waals surface area contributed by atoms with E-state index in [0.29, 0.717) is 28.9 Å². The summed E-state index contributed by atoms with van der Waals surface area (Å²) in [6.07, 6.45) is 0.475. The van der Waals surface area contributed by atoms with Crippen molar-refractivity contribution in [2.24, 2.45) is 0 Å². The Kier molecular flexibility index (Phi) is 5.65. The van der Waals surface area contributed by atoms with Gasteiger partial charge in [0, 0.05) is 22.9 Å². The molecular formula is C24H17ClF2O4. The minimum atomic E-state index is -0.956. The van der Waals surface area contributed by atoms with Crippen molar-refractivity contribution in [2.45, 2.75) is 12.8 Å². The van der Waals surface area contributed by atoms with Crippen LogP contribution in [0.2, 0.25) is 5.02 Å². The second-order valence-electron chi connectivity index (χ2n) is 7.02. The van der Waals surface area contributed by atoms with Gasteiger partial charge in [0.2, 0.25) is 0 Å². The minimum Gasteiger partial charge on any atom is -0.491 e. The molecular weight excluding hydrogens is 426 g/mol. The van der Waals surface area contributed by atoms with Gasteiger partial charge in [0.25, 0.3) is 0 Å². The van der Waals surface area contributed by atoms with Crippen LogP contribution in [0.4, 0.5) is 8.78 Å². The lowest BCUT2D eigenvalue weighted by molar-refractivity contribution is -0.136. The first-order valence-electron chi connectivity index (χ1n) is 9.44. The molecule has 0 aliphatic heterocycles. The molecule has 158 valence electrons. The number of rotatable bonds is 6. The molecule has 0 saturated heterocycles. The summed E-state index contributed by atoms with van der Waals surface area (Å²) in [6.45, 7) is 0. The largest absolute Gasteiger partial charge is 0.491 e. The zero-order chi connectivity index (χ0) is 22.1. The van der Waals surface area contributed by atoms with Crippen LogP contribution in [0.5, 0.6) is 5.75 Å². The summed E-state index contributed by atoms with van der Waals surface area (Å²) in [7, 11) is 1.17. The quantitative estimate of drug-likeness (QED) is 0.336. The Morgan fingerprint density at radius 1 is 1.10 bits per heavy atom. The molecule has 0 radical (unpaired) electrons. The number of furan rings is 1. The average Bonchev–Trinajstić information content (AvgIpc) is 3.19. The number of carboxylic acids is 1.